The fourth-order valence-electron chi connectivity index (χ4n) is 0.780. The first kappa shape index (κ1) is 13.8. The van der Waals surface area contributed by atoms with E-state index in [1.165, 1.54) is 0 Å². The summed E-state index contributed by atoms with van der Waals surface area (Å²) >= 11 is 0. The van der Waals surface area contributed by atoms with Crippen LogP contribution in [0.5, 0.6) is 0 Å². The van der Waals surface area contributed by atoms with Gasteiger partial charge in [0.1, 0.15) is 12.2 Å². The van der Waals surface area contributed by atoms with Crippen LogP contribution in [0.1, 0.15) is 0 Å². The number of aliphatic hydroxyl groups is 4. The summed E-state index contributed by atoms with van der Waals surface area (Å²) < 4.78 is 4.03. The van der Waals surface area contributed by atoms with Crippen LogP contribution < -0.4 is 0 Å². The second-order valence-corrected chi connectivity index (χ2v) is 2.73. The Labute approximate surface area is 84.3 Å². The number of methoxy groups -OCH3 is 1. The number of hydrogen-bond donors (Lipinski definition) is 5. The molecule has 8 nitrogen and oxygen atoms in total. The van der Waals surface area contributed by atoms with Crippen LogP contribution in [0.15, 0.2) is 0 Å². The summed E-state index contributed by atoms with van der Waals surface area (Å²) in [5.41, 5.74) is 0. The molecule has 5 N–H and O–H groups in total. The van der Waals surface area contributed by atoms with Crippen LogP contribution in [-0.4, -0.2) is 69.0 Å². The van der Waals surface area contributed by atoms with Gasteiger partial charge in [0, 0.05) is 0 Å². The minimum atomic E-state index is -2.31. The lowest BCUT2D eigenvalue weighted by molar-refractivity contribution is -0.174. The number of aliphatic carboxylic acids is 1. The topological polar surface area (TPSA) is 145 Å². The Morgan fingerprint density at radius 2 is 1.40 bits per heavy atom. The van der Waals surface area contributed by atoms with E-state index in [1.54, 1.807) is 0 Å². The average molecular weight is 224 g/mol. The summed E-state index contributed by atoms with van der Waals surface area (Å²) in [7, 11) is 0.929. The fourth-order valence-corrected chi connectivity index (χ4v) is 0.780. The SMILES string of the molecule is COC(=O)[C@@H](O)[C@@H](O)[C@H](O)[C@H](O)C(=O)O. The molecule has 0 unspecified atom stereocenters. The maximum absolute atomic E-state index is 10.7. The Bertz CT molecular complexity index is 239. The van der Waals surface area contributed by atoms with E-state index in [9.17, 15) is 9.59 Å². The van der Waals surface area contributed by atoms with Crippen LogP contribution in [0.2, 0.25) is 0 Å². The van der Waals surface area contributed by atoms with Crippen molar-refractivity contribution in [2.24, 2.45) is 0 Å². The third kappa shape index (κ3) is 3.44. The monoisotopic (exact) mass is 224 g/mol. The highest BCUT2D eigenvalue weighted by Crippen LogP contribution is 2.06. The predicted octanol–water partition coefficient (Wildman–Crippen LogP) is -3.31. The summed E-state index contributed by atoms with van der Waals surface area (Å²) in [5.74, 6) is -3.04. The molecule has 0 aromatic heterocycles. The quantitative estimate of drug-likeness (QED) is 0.305. The Morgan fingerprint density at radius 3 is 1.73 bits per heavy atom. The van der Waals surface area contributed by atoms with Gasteiger partial charge < -0.3 is 30.3 Å². The molecule has 0 spiro atoms. The lowest BCUT2D eigenvalue weighted by Gasteiger charge is -2.22. The van der Waals surface area contributed by atoms with E-state index in [2.05, 4.69) is 4.74 Å². The molecule has 88 valence electrons. The molecule has 0 aromatic rings. The molecule has 0 fully saturated rings. The highest BCUT2D eigenvalue weighted by Gasteiger charge is 2.37. The molecule has 4 atom stereocenters. The van der Waals surface area contributed by atoms with E-state index < -0.39 is 36.4 Å². The molecule has 15 heavy (non-hydrogen) atoms. The second-order valence-electron chi connectivity index (χ2n) is 2.73. The van der Waals surface area contributed by atoms with Gasteiger partial charge in [0.2, 0.25) is 0 Å². The molecular weight excluding hydrogens is 212 g/mol. The van der Waals surface area contributed by atoms with Gasteiger partial charge in [-0.3, -0.25) is 0 Å². The number of rotatable bonds is 5. The number of hydrogen-bond acceptors (Lipinski definition) is 7. The number of carboxylic acids is 1. The van der Waals surface area contributed by atoms with E-state index in [0.717, 1.165) is 7.11 Å². The first-order valence-corrected chi connectivity index (χ1v) is 3.85. The van der Waals surface area contributed by atoms with Crippen molar-refractivity contribution < 1.29 is 39.9 Å². The maximum atomic E-state index is 10.7. The van der Waals surface area contributed by atoms with Gasteiger partial charge in [-0.05, 0) is 0 Å². The Hall–Kier alpha value is -1.22. The molecule has 0 aliphatic carbocycles. The number of carbonyl (C=O) groups is 2. The molecule has 0 rings (SSSR count). The highest BCUT2D eigenvalue weighted by atomic mass is 16.5. The maximum Gasteiger partial charge on any atom is 0.337 e. The van der Waals surface area contributed by atoms with E-state index >= 15 is 0 Å². The number of aliphatic hydroxyl groups excluding tert-OH is 4. The molecular formula is C7H12O8. The summed E-state index contributed by atoms with van der Waals surface area (Å²) in [5, 5.41) is 44.2. The van der Waals surface area contributed by atoms with Crippen LogP contribution >= 0.6 is 0 Å². The van der Waals surface area contributed by atoms with Crippen LogP contribution in [0, 0.1) is 0 Å². The van der Waals surface area contributed by atoms with Gasteiger partial charge in [-0.15, -0.1) is 0 Å². The smallest absolute Gasteiger partial charge is 0.337 e. The molecule has 0 aromatic carbocycles. The van der Waals surface area contributed by atoms with Crippen molar-refractivity contribution in [2.75, 3.05) is 7.11 Å². The van der Waals surface area contributed by atoms with Crippen molar-refractivity contribution in [3.63, 3.8) is 0 Å². The zero-order chi connectivity index (χ0) is 12.2. The van der Waals surface area contributed by atoms with Crippen molar-refractivity contribution in [1.29, 1.82) is 0 Å². The molecule has 0 amide bonds. The average Bonchev–Trinajstić information content (AvgIpc) is 2.23. The van der Waals surface area contributed by atoms with E-state index in [4.69, 9.17) is 25.5 Å². The molecule has 8 heteroatoms. The zero-order valence-electron chi connectivity index (χ0n) is 7.77. The third-order valence-electron chi connectivity index (χ3n) is 1.69. The van der Waals surface area contributed by atoms with Crippen molar-refractivity contribution >= 4 is 11.9 Å². The molecule has 0 radical (unpaired) electrons. The summed E-state index contributed by atoms with van der Waals surface area (Å²) in [6.07, 6.45) is -8.78. The van der Waals surface area contributed by atoms with Crippen LogP contribution in [0.25, 0.3) is 0 Å². The fraction of sp³-hybridized carbons (Fsp3) is 0.714. The molecule has 0 aliphatic rings. The van der Waals surface area contributed by atoms with Gasteiger partial charge in [0.05, 0.1) is 7.11 Å². The Balaban J connectivity index is 4.49. The second kappa shape index (κ2) is 5.61. The zero-order valence-corrected chi connectivity index (χ0v) is 7.77. The predicted molar refractivity (Wildman–Crippen MR) is 43.7 cm³/mol. The first-order chi connectivity index (χ1) is 6.82. The van der Waals surface area contributed by atoms with Crippen molar-refractivity contribution in [3.05, 3.63) is 0 Å². The molecule has 0 aliphatic heterocycles. The van der Waals surface area contributed by atoms with E-state index in [-0.39, 0.29) is 0 Å². The van der Waals surface area contributed by atoms with Gasteiger partial charge in [0.15, 0.2) is 12.2 Å². The minimum absolute atomic E-state index is 0.929. The molecule has 0 saturated carbocycles. The minimum Gasteiger partial charge on any atom is -0.479 e. The lowest BCUT2D eigenvalue weighted by Crippen LogP contribution is -2.50. The normalized spacial score (nSPS) is 18.7. The number of esters is 1. The largest absolute Gasteiger partial charge is 0.479 e. The third-order valence-corrected chi connectivity index (χ3v) is 1.69. The van der Waals surface area contributed by atoms with Gasteiger partial charge in [0.25, 0.3) is 0 Å². The van der Waals surface area contributed by atoms with Crippen LogP contribution in [0.3, 0.4) is 0 Å². The van der Waals surface area contributed by atoms with E-state index in [0.29, 0.717) is 0 Å². The molecule has 0 saturated heterocycles. The Morgan fingerprint density at radius 1 is 1.00 bits per heavy atom. The van der Waals surface area contributed by atoms with Crippen molar-refractivity contribution in [3.8, 4) is 0 Å². The summed E-state index contributed by atoms with van der Waals surface area (Å²) in [6.45, 7) is 0. The summed E-state index contributed by atoms with van der Waals surface area (Å²) in [6, 6.07) is 0. The number of ether oxygens (including phenoxy) is 1. The number of carboxylic acid groups (broad SMARTS) is 1. The van der Waals surface area contributed by atoms with Gasteiger partial charge in [-0.2, -0.15) is 0 Å². The lowest BCUT2D eigenvalue weighted by atomic mass is 10.0. The van der Waals surface area contributed by atoms with Crippen LogP contribution in [0.4, 0.5) is 0 Å². The van der Waals surface area contributed by atoms with Crippen LogP contribution in [-0.2, 0) is 14.3 Å². The number of carbonyl (C=O) groups excluding carboxylic acids is 1. The molecule has 0 bridgehead atoms. The van der Waals surface area contributed by atoms with E-state index in [1.807, 2.05) is 0 Å². The first-order valence-electron chi connectivity index (χ1n) is 3.85. The summed E-state index contributed by atoms with van der Waals surface area (Å²) in [4.78, 5) is 20.9. The van der Waals surface area contributed by atoms with Crippen molar-refractivity contribution in [2.45, 2.75) is 24.4 Å². The Kier molecular flexibility index (Phi) is 5.15. The highest BCUT2D eigenvalue weighted by molar-refractivity contribution is 5.76. The van der Waals surface area contributed by atoms with Gasteiger partial charge >= 0.3 is 11.9 Å². The standard InChI is InChI=1S/C7H12O8/c1-15-7(14)5(11)3(9)2(8)4(10)6(12)13/h2-5,8-11H,1H3,(H,12,13)/t2-,3-,4-,5-/m0/s1. The van der Waals surface area contributed by atoms with Gasteiger partial charge in [-0.1, -0.05) is 0 Å². The molecule has 0 heterocycles. The van der Waals surface area contributed by atoms with Crippen molar-refractivity contribution in [1.82, 2.24) is 0 Å². The van der Waals surface area contributed by atoms with Gasteiger partial charge in [-0.25, -0.2) is 9.59 Å².